The van der Waals surface area contributed by atoms with Crippen molar-refractivity contribution in [2.24, 2.45) is 0 Å². The molecule has 0 N–H and O–H groups in total. The number of thioether (sulfide) groups is 2. The minimum Gasteiger partial charge on any atom is -0.179 e. The summed E-state index contributed by atoms with van der Waals surface area (Å²) in [6.45, 7) is 0. The van der Waals surface area contributed by atoms with Gasteiger partial charge in [-0.05, 0) is 47.4 Å². The SMILES string of the molecule is SCCSCCCSCC(S)c1cc(S)ccc1S. The molecule has 1 atom stereocenters. The van der Waals surface area contributed by atoms with Gasteiger partial charge in [-0.15, -0.1) is 25.3 Å². The Bertz CT molecular complexity index is 368. The van der Waals surface area contributed by atoms with Gasteiger partial charge >= 0.3 is 0 Å². The molecule has 1 unspecified atom stereocenters. The molecule has 0 radical (unpaired) electrons. The molecule has 1 aromatic rings. The molecular weight excluding hydrogens is 349 g/mol. The third-order valence-corrected chi connectivity index (χ3v) is 6.59. The van der Waals surface area contributed by atoms with Gasteiger partial charge in [0, 0.05) is 26.5 Å². The average Bonchev–Trinajstić information content (AvgIpc) is 2.40. The zero-order chi connectivity index (χ0) is 14.1. The minimum absolute atomic E-state index is 0.231. The maximum atomic E-state index is 4.68. The molecule has 0 aromatic heterocycles. The van der Waals surface area contributed by atoms with Gasteiger partial charge in [0.25, 0.3) is 0 Å². The summed E-state index contributed by atoms with van der Waals surface area (Å²) in [5.41, 5.74) is 1.18. The highest BCUT2D eigenvalue weighted by molar-refractivity contribution is 8.00. The highest BCUT2D eigenvalue weighted by Crippen LogP contribution is 2.31. The monoisotopic (exact) mass is 368 g/mol. The Labute approximate surface area is 147 Å². The fourth-order valence-corrected chi connectivity index (χ4v) is 4.83. The van der Waals surface area contributed by atoms with Gasteiger partial charge in [0.05, 0.1) is 0 Å². The standard InChI is InChI=1S/C13H20S6/c14-4-7-18-5-1-6-19-9-13(17)11-8-10(15)2-3-12(11)16/h2-3,8,13-17H,1,4-7,9H2. The molecule has 0 bridgehead atoms. The first-order valence-electron chi connectivity index (χ1n) is 6.11. The summed E-state index contributed by atoms with van der Waals surface area (Å²) in [7, 11) is 0. The van der Waals surface area contributed by atoms with Crippen LogP contribution in [0.5, 0.6) is 0 Å². The highest BCUT2D eigenvalue weighted by Gasteiger charge is 2.10. The first-order chi connectivity index (χ1) is 9.15. The molecule has 0 amide bonds. The van der Waals surface area contributed by atoms with Crippen LogP contribution in [0.25, 0.3) is 0 Å². The largest absolute Gasteiger partial charge is 0.179 e. The van der Waals surface area contributed by atoms with E-state index in [9.17, 15) is 0 Å². The van der Waals surface area contributed by atoms with Crippen molar-refractivity contribution in [3.8, 4) is 0 Å². The van der Waals surface area contributed by atoms with Crippen LogP contribution in [0.4, 0.5) is 0 Å². The summed E-state index contributed by atoms with van der Waals surface area (Å²) in [4.78, 5) is 1.97. The molecule has 19 heavy (non-hydrogen) atoms. The smallest absolute Gasteiger partial charge is 0.0368 e. The van der Waals surface area contributed by atoms with Crippen molar-refractivity contribution in [2.45, 2.75) is 21.5 Å². The van der Waals surface area contributed by atoms with Gasteiger partial charge in [0.15, 0.2) is 0 Å². The van der Waals surface area contributed by atoms with E-state index in [1.807, 2.05) is 35.7 Å². The van der Waals surface area contributed by atoms with Gasteiger partial charge < -0.3 is 0 Å². The van der Waals surface area contributed by atoms with E-state index in [0.29, 0.717) is 0 Å². The molecule has 6 heteroatoms. The molecule has 0 nitrogen and oxygen atoms in total. The normalized spacial score (nSPS) is 12.6. The number of hydrogen-bond donors (Lipinski definition) is 4. The summed E-state index contributed by atoms with van der Waals surface area (Å²) < 4.78 is 0. The van der Waals surface area contributed by atoms with Gasteiger partial charge in [-0.25, -0.2) is 0 Å². The third-order valence-electron chi connectivity index (χ3n) is 2.46. The van der Waals surface area contributed by atoms with E-state index in [1.54, 1.807) is 0 Å². The number of rotatable bonds is 9. The Kier molecular flexibility index (Phi) is 10.6. The van der Waals surface area contributed by atoms with Gasteiger partial charge in [0.1, 0.15) is 0 Å². The predicted molar refractivity (Wildman–Crippen MR) is 106 cm³/mol. The Morgan fingerprint density at radius 2 is 1.79 bits per heavy atom. The lowest BCUT2D eigenvalue weighted by molar-refractivity contribution is 1.05. The zero-order valence-electron chi connectivity index (χ0n) is 10.7. The van der Waals surface area contributed by atoms with Gasteiger partial charge in [-0.3, -0.25) is 0 Å². The third kappa shape index (κ3) is 7.77. The summed E-state index contributed by atoms with van der Waals surface area (Å²) in [6, 6.07) is 6.01. The minimum atomic E-state index is 0.231. The zero-order valence-corrected chi connectivity index (χ0v) is 15.9. The lowest BCUT2D eigenvalue weighted by Gasteiger charge is -2.13. The first-order valence-corrected chi connectivity index (χ1v) is 10.5. The maximum Gasteiger partial charge on any atom is 0.0368 e. The molecule has 0 heterocycles. The van der Waals surface area contributed by atoms with Gasteiger partial charge in [-0.1, -0.05) is 0 Å². The fourth-order valence-electron chi connectivity index (χ4n) is 1.52. The van der Waals surface area contributed by atoms with Crippen LogP contribution in [-0.4, -0.2) is 28.8 Å². The molecule has 1 rings (SSSR count). The van der Waals surface area contributed by atoms with Crippen molar-refractivity contribution in [2.75, 3.05) is 28.8 Å². The Morgan fingerprint density at radius 3 is 2.53 bits per heavy atom. The van der Waals surface area contributed by atoms with Crippen molar-refractivity contribution in [3.63, 3.8) is 0 Å². The molecule has 0 spiro atoms. The van der Waals surface area contributed by atoms with E-state index in [-0.39, 0.29) is 5.25 Å². The second-order valence-corrected chi connectivity index (χ2v) is 8.47. The van der Waals surface area contributed by atoms with E-state index >= 15 is 0 Å². The van der Waals surface area contributed by atoms with Gasteiger partial charge in [-0.2, -0.15) is 48.8 Å². The summed E-state index contributed by atoms with van der Waals surface area (Å²) in [5.74, 6) is 5.57. The predicted octanol–water partition coefficient (Wildman–Crippen LogP) is 5.02. The molecule has 0 aliphatic rings. The molecule has 0 aliphatic carbocycles. The van der Waals surface area contributed by atoms with E-state index in [1.165, 1.54) is 23.5 Å². The molecule has 0 aliphatic heterocycles. The van der Waals surface area contributed by atoms with E-state index in [2.05, 4.69) is 56.6 Å². The molecule has 0 saturated heterocycles. The van der Waals surface area contributed by atoms with E-state index in [0.717, 1.165) is 27.0 Å². The average molecular weight is 369 g/mol. The molecule has 0 fully saturated rings. The second-order valence-electron chi connectivity index (χ2n) is 4.02. The summed E-state index contributed by atoms with van der Waals surface area (Å²) in [6.07, 6.45) is 1.25. The van der Waals surface area contributed by atoms with Crippen molar-refractivity contribution < 1.29 is 0 Å². The van der Waals surface area contributed by atoms with E-state index in [4.69, 9.17) is 0 Å². The van der Waals surface area contributed by atoms with Crippen LogP contribution in [0.2, 0.25) is 0 Å². The van der Waals surface area contributed by atoms with Crippen LogP contribution in [0, 0.1) is 0 Å². The van der Waals surface area contributed by atoms with Gasteiger partial charge in [0.2, 0.25) is 0 Å². The number of benzene rings is 1. The fraction of sp³-hybridized carbons (Fsp3) is 0.538. The quantitative estimate of drug-likeness (QED) is 0.357. The lowest BCUT2D eigenvalue weighted by atomic mass is 10.2. The van der Waals surface area contributed by atoms with Crippen molar-refractivity contribution in [3.05, 3.63) is 23.8 Å². The maximum absolute atomic E-state index is 4.68. The molecule has 0 saturated carbocycles. The van der Waals surface area contributed by atoms with Crippen LogP contribution in [0.3, 0.4) is 0 Å². The topological polar surface area (TPSA) is 0 Å². The Balaban J connectivity index is 2.23. The van der Waals surface area contributed by atoms with Crippen molar-refractivity contribution in [1.82, 2.24) is 0 Å². The van der Waals surface area contributed by atoms with Crippen LogP contribution in [0.15, 0.2) is 28.0 Å². The lowest BCUT2D eigenvalue weighted by Crippen LogP contribution is -1.97. The number of hydrogen-bond acceptors (Lipinski definition) is 6. The van der Waals surface area contributed by atoms with Crippen molar-refractivity contribution in [1.29, 1.82) is 0 Å². The Hall–Kier alpha value is 1.32. The van der Waals surface area contributed by atoms with Crippen molar-refractivity contribution >= 4 is 74.0 Å². The van der Waals surface area contributed by atoms with Crippen LogP contribution in [0.1, 0.15) is 17.2 Å². The summed E-state index contributed by atoms with van der Waals surface area (Å²) >= 11 is 21.7. The molecule has 108 valence electrons. The summed E-state index contributed by atoms with van der Waals surface area (Å²) in [5, 5.41) is 0.231. The number of thiol groups is 4. The molecule has 1 aromatic carbocycles. The first kappa shape index (κ1) is 18.4. The van der Waals surface area contributed by atoms with Crippen LogP contribution in [-0.2, 0) is 0 Å². The van der Waals surface area contributed by atoms with Crippen LogP contribution < -0.4 is 0 Å². The van der Waals surface area contributed by atoms with Crippen LogP contribution >= 0.6 is 74.0 Å². The molecular formula is C13H20S6. The second kappa shape index (κ2) is 11.0. The van der Waals surface area contributed by atoms with E-state index < -0.39 is 0 Å². The highest BCUT2D eigenvalue weighted by atomic mass is 32.2. The Morgan fingerprint density at radius 1 is 1.05 bits per heavy atom.